The van der Waals surface area contributed by atoms with Crippen LogP contribution >= 0.6 is 0 Å². The van der Waals surface area contributed by atoms with E-state index in [0.717, 1.165) is 15.5 Å². The fourth-order valence-corrected chi connectivity index (χ4v) is 4.76. The lowest BCUT2D eigenvalue weighted by molar-refractivity contribution is -0.140. The number of hydrazone groups is 1. The Kier molecular flexibility index (Phi) is 4.21. The van der Waals surface area contributed by atoms with Crippen LogP contribution in [0.5, 0.6) is 0 Å². The fraction of sp³-hybridized carbons (Fsp3) is 0.500. The van der Waals surface area contributed by atoms with Crippen molar-refractivity contribution in [3.8, 4) is 0 Å². The Morgan fingerprint density at radius 1 is 1.00 bits per heavy atom. The molecule has 0 N–H and O–H groups in total. The van der Waals surface area contributed by atoms with Crippen molar-refractivity contribution in [2.75, 3.05) is 12.0 Å². The molecule has 2 unspecified atom stereocenters. The number of benzene rings is 1. The third kappa shape index (κ3) is 2.49. The molecule has 1 aromatic carbocycles. The van der Waals surface area contributed by atoms with Crippen molar-refractivity contribution < 1.29 is 23.9 Å². The van der Waals surface area contributed by atoms with Gasteiger partial charge in [-0.1, -0.05) is 45.4 Å². The molecule has 4 rings (SSSR count). The molecule has 2 heterocycles. The van der Waals surface area contributed by atoms with Crippen LogP contribution in [0.4, 0.5) is 5.69 Å². The van der Waals surface area contributed by atoms with E-state index in [1.54, 1.807) is 24.3 Å². The minimum atomic E-state index is -1.17. The van der Waals surface area contributed by atoms with Crippen LogP contribution in [0.2, 0.25) is 0 Å². The highest BCUT2D eigenvalue weighted by Crippen LogP contribution is 2.69. The lowest BCUT2D eigenvalue weighted by Gasteiger charge is -2.21. The van der Waals surface area contributed by atoms with Gasteiger partial charge in [-0.3, -0.25) is 14.4 Å². The van der Waals surface area contributed by atoms with Gasteiger partial charge in [0, 0.05) is 0 Å². The molecule has 8 nitrogen and oxygen atoms in total. The number of imide groups is 1. The van der Waals surface area contributed by atoms with E-state index in [9.17, 15) is 19.2 Å². The van der Waals surface area contributed by atoms with Crippen LogP contribution in [0.15, 0.2) is 29.4 Å². The zero-order chi connectivity index (χ0) is 22.2. The number of anilines is 1. The van der Waals surface area contributed by atoms with Crippen molar-refractivity contribution in [3.63, 3.8) is 0 Å². The molecule has 3 aliphatic rings. The van der Waals surface area contributed by atoms with Crippen molar-refractivity contribution >= 4 is 35.1 Å². The van der Waals surface area contributed by atoms with Gasteiger partial charge in [-0.2, -0.15) is 5.10 Å². The quantitative estimate of drug-likeness (QED) is 0.559. The van der Waals surface area contributed by atoms with Gasteiger partial charge in [-0.15, -0.1) is 0 Å². The van der Waals surface area contributed by atoms with Crippen LogP contribution in [0.1, 0.15) is 33.3 Å². The number of aryl methyl sites for hydroxylation is 1. The van der Waals surface area contributed by atoms with Gasteiger partial charge in [-0.05, 0) is 29.9 Å². The Morgan fingerprint density at radius 2 is 1.57 bits per heavy atom. The minimum Gasteiger partial charge on any atom is -0.464 e. The Bertz CT molecular complexity index is 994. The van der Waals surface area contributed by atoms with Crippen molar-refractivity contribution in [2.45, 2.75) is 40.7 Å². The van der Waals surface area contributed by atoms with Crippen LogP contribution in [-0.4, -0.2) is 47.6 Å². The number of hydrogen-bond donors (Lipinski definition) is 0. The number of rotatable bonds is 3. The number of nitrogens with zero attached hydrogens (tertiary/aromatic N) is 3. The molecule has 2 atom stereocenters. The number of esters is 1. The third-order valence-electron chi connectivity index (χ3n) is 7.23. The second-order valence-electron chi connectivity index (χ2n) is 9.31. The molecule has 1 saturated carbocycles. The Balaban J connectivity index is 1.75. The van der Waals surface area contributed by atoms with Gasteiger partial charge in [-0.25, -0.2) is 14.7 Å². The molecule has 2 aliphatic heterocycles. The van der Waals surface area contributed by atoms with Crippen molar-refractivity contribution in [1.82, 2.24) is 5.01 Å². The molecule has 0 bridgehead atoms. The Labute approximate surface area is 174 Å². The average molecular weight is 411 g/mol. The zero-order valence-electron chi connectivity index (χ0n) is 17.9. The molecule has 0 radical (unpaired) electrons. The van der Waals surface area contributed by atoms with E-state index in [2.05, 4.69) is 5.10 Å². The smallest absolute Gasteiger partial charge is 0.355 e. The number of fused-ring (bicyclic) bond motifs is 1. The summed E-state index contributed by atoms with van der Waals surface area (Å²) in [7, 11) is 1.18. The summed E-state index contributed by atoms with van der Waals surface area (Å²) in [4.78, 5) is 53.2. The molecular formula is C22H25N3O5. The van der Waals surface area contributed by atoms with Gasteiger partial charge in [0.15, 0.2) is 11.8 Å². The molecule has 1 aromatic rings. The predicted molar refractivity (Wildman–Crippen MR) is 108 cm³/mol. The van der Waals surface area contributed by atoms with Gasteiger partial charge in [0.2, 0.25) is 11.8 Å². The highest BCUT2D eigenvalue weighted by atomic mass is 16.5. The molecule has 2 fully saturated rings. The lowest BCUT2D eigenvalue weighted by atomic mass is 9.97. The van der Waals surface area contributed by atoms with Gasteiger partial charge in [0.1, 0.15) is 5.92 Å². The highest BCUT2D eigenvalue weighted by Gasteiger charge is 2.71. The van der Waals surface area contributed by atoms with Crippen molar-refractivity contribution in [2.24, 2.45) is 27.8 Å². The van der Waals surface area contributed by atoms with Gasteiger partial charge < -0.3 is 4.74 Å². The third-order valence-corrected chi connectivity index (χ3v) is 7.23. The maximum absolute atomic E-state index is 13.4. The topological polar surface area (TPSA) is 96.3 Å². The van der Waals surface area contributed by atoms with Crippen molar-refractivity contribution in [1.29, 1.82) is 0 Å². The van der Waals surface area contributed by atoms with Gasteiger partial charge >= 0.3 is 5.97 Å². The SMILES string of the molecule is COC(=O)C1=NN(C(=O)C2C(C)(C)C2(C)C)C2C(=O)N(c3ccc(C)cc3)C(=O)C12. The molecule has 1 aliphatic carbocycles. The van der Waals surface area contributed by atoms with E-state index < -0.39 is 29.7 Å². The number of carbonyl (C=O) groups excluding carboxylic acids is 4. The van der Waals surface area contributed by atoms with E-state index in [1.807, 2.05) is 34.6 Å². The predicted octanol–water partition coefficient (Wildman–Crippen LogP) is 1.91. The number of amides is 3. The van der Waals surface area contributed by atoms with Crippen LogP contribution < -0.4 is 4.90 Å². The summed E-state index contributed by atoms with van der Waals surface area (Å²) in [6.07, 6.45) is 0. The second-order valence-corrected chi connectivity index (χ2v) is 9.31. The first kappa shape index (κ1) is 20.3. The molecule has 0 aromatic heterocycles. The monoisotopic (exact) mass is 411 g/mol. The minimum absolute atomic E-state index is 0.208. The van der Waals surface area contributed by atoms with E-state index in [0.29, 0.717) is 5.69 Å². The van der Waals surface area contributed by atoms with E-state index in [1.165, 1.54) is 7.11 Å². The summed E-state index contributed by atoms with van der Waals surface area (Å²) in [5, 5.41) is 5.18. The van der Waals surface area contributed by atoms with Crippen molar-refractivity contribution in [3.05, 3.63) is 29.8 Å². The summed E-state index contributed by atoms with van der Waals surface area (Å²) < 4.78 is 4.78. The fourth-order valence-electron chi connectivity index (χ4n) is 4.76. The summed E-state index contributed by atoms with van der Waals surface area (Å²) in [6, 6.07) is 5.74. The van der Waals surface area contributed by atoms with Gasteiger partial charge in [0.05, 0.1) is 18.7 Å². The van der Waals surface area contributed by atoms with Crippen LogP contribution in [0.3, 0.4) is 0 Å². The first-order chi connectivity index (χ1) is 13.9. The second kappa shape index (κ2) is 6.23. The Morgan fingerprint density at radius 3 is 2.07 bits per heavy atom. The van der Waals surface area contributed by atoms with Crippen LogP contribution in [-0.2, 0) is 23.9 Å². The van der Waals surface area contributed by atoms with Gasteiger partial charge in [0.25, 0.3) is 5.91 Å². The first-order valence-corrected chi connectivity index (χ1v) is 9.89. The maximum atomic E-state index is 13.4. The largest absolute Gasteiger partial charge is 0.464 e. The summed E-state index contributed by atoms with van der Waals surface area (Å²) >= 11 is 0. The zero-order valence-corrected chi connectivity index (χ0v) is 17.9. The first-order valence-electron chi connectivity index (χ1n) is 9.89. The average Bonchev–Trinajstić information content (AvgIpc) is 2.99. The number of carbonyl (C=O) groups is 4. The molecule has 158 valence electrons. The van der Waals surface area contributed by atoms with E-state index >= 15 is 0 Å². The summed E-state index contributed by atoms with van der Waals surface area (Å²) in [6.45, 7) is 9.82. The van der Waals surface area contributed by atoms with E-state index in [4.69, 9.17) is 4.74 Å². The molecule has 8 heteroatoms. The number of hydrogen-bond acceptors (Lipinski definition) is 6. The van der Waals surface area contributed by atoms with Crippen LogP contribution in [0.25, 0.3) is 0 Å². The Hall–Kier alpha value is -3.03. The normalized spacial score (nSPS) is 26.5. The maximum Gasteiger partial charge on any atom is 0.355 e. The highest BCUT2D eigenvalue weighted by molar-refractivity contribution is 6.47. The van der Waals surface area contributed by atoms with Crippen LogP contribution in [0, 0.1) is 29.6 Å². The molecule has 30 heavy (non-hydrogen) atoms. The number of ether oxygens (including phenoxy) is 1. The molecule has 0 spiro atoms. The molecule has 3 amide bonds. The van der Waals surface area contributed by atoms with E-state index in [-0.39, 0.29) is 28.4 Å². The molecule has 1 saturated heterocycles. The molecular weight excluding hydrogens is 386 g/mol. The standard InChI is InChI=1S/C22H25N3O5/c1-11-7-9-12(10-8-11)24-17(26)13-14(20(29)30-6)23-25(15(13)18(24)27)19(28)16-21(2,3)22(16,4)5/h7-10,13,15-16H,1-6H3. The summed E-state index contributed by atoms with van der Waals surface area (Å²) in [5.41, 5.74) is 0.593. The summed E-state index contributed by atoms with van der Waals surface area (Å²) in [5.74, 6) is -3.86. The number of methoxy groups -OCH3 is 1. The lowest BCUT2D eigenvalue weighted by Crippen LogP contribution is -2.43.